The molecule has 39 heavy (non-hydrogen) atoms. The van der Waals surface area contributed by atoms with Gasteiger partial charge in [-0.2, -0.15) is 0 Å². The fraction of sp³-hybridized carbons (Fsp3) is 0.276. The predicted molar refractivity (Wildman–Crippen MR) is 145 cm³/mol. The highest BCUT2D eigenvalue weighted by Crippen LogP contribution is 2.31. The van der Waals surface area contributed by atoms with E-state index < -0.39 is 23.9 Å². The quantitative estimate of drug-likeness (QED) is 0.329. The number of carbonyl (C=O) groups excluding carboxylic acids is 3. The van der Waals surface area contributed by atoms with Crippen LogP contribution in [0.4, 0.5) is 0 Å². The molecule has 2 heterocycles. The molecule has 1 aliphatic heterocycles. The molecule has 9 nitrogen and oxygen atoms in total. The van der Waals surface area contributed by atoms with Crippen molar-refractivity contribution in [2.75, 3.05) is 13.7 Å². The average molecular weight is 549 g/mol. The van der Waals surface area contributed by atoms with Crippen LogP contribution < -0.4 is 19.6 Å². The van der Waals surface area contributed by atoms with Crippen LogP contribution in [0, 0.1) is 5.92 Å². The third-order valence-corrected chi connectivity index (χ3v) is 6.84. The van der Waals surface area contributed by atoms with E-state index in [0.29, 0.717) is 37.5 Å². The topological polar surface area (TPSA) is 113 Å². The highest BCUT2D eigenvalue weighted by Gasteiger charge is 2.33. The maximum atomic E-state index is 13.8. The van der Waals surface area contributed by atoms with Crippen molar-refractivity contribution in [3.63, 3.8) is 0 Å². The van der Waals surface area contributed by atoms with Gasteiger partial charge in [-0.05, 0) is 54.3 Å². The molecular weight excluding hydrogens is 520 g/mol. The maximum absolute atomic E-state index is 13.8. The van der Waals surface area contributed by atoms with Crippen molar-refractivity contribution >= 4 is 35.3 Å². The van der Waals surface area contributed by atoms with Gasteiger partial charge < -0.3 is 14.2 Å². The third-order valence-electron chi connectivity index (χ3n) is 5.85. The second-order valence-electron chi connectivity index (χ2n) is 9.35. The third kappa shape index (κ3) is 6.06. The molecular formula is C29H28N2O7S. The second kappa shape index (κ2) is 11.6. The molecule has 1 atom stereocenters. The van der Waals surface area contributed by atoms with Crippen molar-refractivity contribution in [2.24, 2.45) is 10.9 Å². The smallest absolute Gasteiger partial charge is 0.338 e. The Balaban J connectivity index is 1.86. The molecule has 202 valence electrons. The zero-order valence-corrected chi connectivity index (χ0v) is 23.0. The number of aromatic nitrogens is 1. The minimum atomic E-state index is -0.817. The number of benzene rings is 2. The zero-order chi connectivity index (χ0) is 28.3. The van der Waals surface area contributed by atoms with E-state index in [1.807, 2.05) is 13.8 Å². The number of hydrogen-bond donors (Lipinski definition) is 0. The molecule has 0 fully saturated rings. The van der Waals surface area contributed by atoms with Gasteiger partial charge in [0.2, 0.25) is 0 Å². The molecule has 10 heteroatoms. The van der Waals surface area contributed by atoms with Gasteiger partial charge in [0.25, 0.3) is 5.56 Å². The average Bonchev–Trinajstić information content (AvgIpc) is 3.20. The lowest BCUT2D eigenvalue weighted by atomic mass is 9.95. The number of hydrogen-bond acceptors (Lipinski definition) is 9. The molecule has 0 N–H and O–H groups in total. The number of carbonyl (C=O) groups is 3. The van der Waals surface area contributed by atoms with Crippen molar-refractivity contribution < 1.29 is 28.6 Å². The number of methoxy groups -OCH3 is 1. The Morgan fingerprint density at radius 3 is 2.46 bits per heavy atom. The number of esters is 3. The highest BCUT2D eigenvalue weighted by molar-refractivity contribution is 7.07. The van der Waals surface area contributed by atoms with E-state index in [2.05, 4.69) is 4.99 Å². The van der Waals surface area contributed by atoms with Crippen LogP contribution in [-0.4, -0.2) is 36.2 Å². The first-order chi connectivity index (χ1) is 18.6. The molecule has 0 aliphatic carbocycles. The summed E-state index contributed by atoms with van der Waals surface area (Å²) in [6, 6.07) is 12.5. The van der Waals surface area contributed by atoms with Crippen molar-refractivity contribution in [3.8, 4) is 5.75 Å². The van der Waals surface area contributed by atoms with Gasteiger partial charge in [-0.25, -0.2) is 14.6 Å². The standard InChI is InChI=1S/C29H28N2O7S/c1-16(2)15-37-28(35)24-17(3)30-29-31(25(24)20-9-11-21(12-10-20)27(34)36-5)26(33)23(39-29)14-19-7-6-8-22(13-19)38-18(4)32/h6-14,16,25H,15H2,1-5H3. The summed E-state index contributed by atoms with van der Waals surface area (Å²) >= 11 is 1.18. The van der Waals surface area contributed by atoms with Crippen LogP contribution in [0.5, 0.6) is 5.75 Å². The molecule has 1 unspecified atom stereocenters. The van der Waals surface area contributed by atoms with Crippen LogP contribution in [0.2, 0.25) is 0 Å². The lowest BCUT2D eigenvalue weighted by Gasteiger charge is -2.25. The predicted octanol–water partition coefficient (Wildman–Crippen LogP) is 3.15. The second-order valence-corrected chi connectivity index (χ2v) is 10.4. The normalized spacial score (nSPS) is 15.0. The number of ether oxygens (including phenoxy) is 3. The van der Waals surface area contributed by atoms with E-state index in [1.54, 1.807) is 61.5 Å². The summed E-state index contributed by atoms with van der Waals surface area (Å²) in [6.45, 7) is 7.11. The molecule has 0 amide bonds. The molecule has 0 radical (unpaired) electrons. The van der Waals surface area contributed by atoms with Gasteiger partial charge >= 0.3 is 17.9 Å². The number of rotatable bonds is 7. The molecule has 3 aromatic rings. The maximum Gasteiger partial charge on any atom is 0.338 e. The van der Waals surface area contributed by atoms with Crippen LogP contribution >= 0.6 is 11.3 Å². The summed E-state index contributed by atoms with van der Waals surface area (Å²) in [6.07, 6.45) is 1.68. The molecule has 0 saturated heterocycles. The Labute approximate surface area is 228 Å². The lowest BCUT2D eigenvalue weighted by Crippen LogP contribution is -2.40. The Bertz CT molecular complexity index is 1650. The highest BCUT2D eigenvalue weighted by atomic mass is 32.1. The van der Waals surface area contributed by atoms with Gasteiger partial charge in [-0.3, -0.25) is 14.2 Å². The van der Waals surface area contributed by atoms with Gasteiger partial charge in [0.05, 0.1) is 41.1 Å². The molecule has 0 spiro atoms. The van der Waals surface area contributed by atoms with Gasteiger partial charge in [-0.1, -0.05) is 49.4 Å². The van der Waals surface area contributed by atoms with Crippen LogP contribution in [0.1, 0.15) is 55.2 Å². The number of thiazole rings is 1. The van der Waals surface area contributed by atoms with Crippen molar-refractivity contribution in [1.82, 2.24) is 4.57 Å². The van der Waals surface area contributed by atoms with E-state index in [0.717, 1.165) is 0 Å². The molecule has 2 aromatic carbocycles. The van der Waals surface area contributed by atoms with E-state index in [1.165, 1.54) is 29.9 Å². The van der Waals surface area contributed by atoms with Gasteiger partial charge in [-0.15, -0.1) is 0 Å². The van der Waals surface area contributed by atoms with Crippen LogP contribution in [0.3, 0.4) is 0 Å². The molecule has 1 aliphatic rings. The van der Waals surface area contributed by atoms with Crippen molar-refractivity contribution in [2.45, 2.75) is 33.7 Å². The van der Waals surface area contributed by atoms with Gasteiger partial charge in [0.1, 0.15) is 5.75 Å². The van der Waals surface area contributed by atoms with Crippen LogP contribution in [0.25, 0.3) is 6.08 Å². The van der Waals surface area contributed by atoms with Gasteiger partial charge in [0, 0.05) is 6.92 Å². The summed E-state index contributed by atoms with van der Waals surface area (Å²) in [5.74, 6) is -1.02. The Morgan fingerprint density at radius 1 is 1.10 bits per heavy atom. The van der Waals surface area contributed by atoms with Crippen LogP contribution in [-0.2, 0) is 19.1 Å². The number of fused-ring (bicyclic) bond motifs is 1. The summed E-state index contributed by atoms with van der Waals surface area (Å²) in [5, 5.41) is 0. The monoisotopic (exact) mass is 548 g/mol. The fourth-order valence-corrected chi connectivity index (χ4v) is 5.17. The minimum absolute atomic E-state index is 0.122. The lowest BCUT2D eigenvalue weighted by molar-refractivity contribution is -0.140. The van der Waals surface area contributed by atoms with E-state index in [4.69, 9.17) is 14.2 Å². The first kappa shape index (κ1) is 27.7. The number of nitrogens with zero attached hydrogens (tertiary/aromatic N) is 2. The van der Waals surface area contributed by atoms with Gasteiger partial charge in [0.15, 0.2) is 4.80 Å². The summed E-state index contributed by atoms with van der Waals surface area (Å²) in [5.41, 5.74) is 1.95. The zero-order valence-electron chi connectivity index (χ0n) is 22.2. The Kier molecular flexibility index (Phi) is 8.25. The number of allylic oxidation sites excluding steroid dienone is 1. The Hall–Kier alpha value is -4.31. The summed E-state index contributed by atoms with van der Waals surface area (Å²) < 4.78 is 17.4. The van der Waals surface area contributed by atoms with Crippen molar-refractivity contribution in [3.05, 3.63) is 96.2 Å². The minimum Gasteiger partial charge on any atom is -0.465 e. The summed E-state index contributed by atoms with van der Waals surface area (Å²) in [4.78, 5) is 55.4. The largest absolute Gasteiger partial charge is 0.465 e. The SMILES string of the molecule is COC(=O)c1ccc(C2C(C(=O)OCC(C)C)=C(C)N=c3sc(=Cc4cccc(OC(C)=O)c4)c(=O)n32)cc1. The van der Waals surface area contributed by atoms with E-state index in [9.17, 15) is 19.2 Å². The summed E-state index contributed by atoms with van der Waals surface area (Å²) in [7, 11) is 1.30. The first-order valence-corrected chi connectivity index (χ1v) is 13.1. The molecule has 0 saturated carbocycles. The first-order valence-electron chi connectivity index (χ1n) is 12.3. The van der Waals surface area contributed by atoms with E-state index >= 15 is 0 Å². The molecule has 0 bridgehead atoms. The van der Waals surface area contributed by atoms with Crippen LogP contribution in [0.15, 0.2) is 69.6 Å². The van der Waals surface area contributed by atoms with Crippen molar-refractivity contribution in [1.29, 1.82) is 0 Å². The Morgan fingerprint density at radius 2 is 1.82 bits per heavy atom. The molecule has 4 rings (SSSR count). The molecule has 1 aromatic heterocycles. The fourth-order valence-electron chi connectivity index (χ4n) is 4.12. The van der Waals surface area contributed by atoms with E-state index in [-0.39, 0.29) is 23.7 Å².